The molecule has 0 bridgehead atoms. The van der Waals surface area contributed by atoms with Crippen molar-refractivity contribution in [1.82, 2.24) is 0 Å². The maximum atomic E-state index is 13.1. The number of methoxy groups -OCH3 is 1. The summed E-state index contributed by atoms with van der Waals surface area (Å²) >= 11 is 5.63. The van der Waals surface area contributed by atoms with E-state index in [0.29, 0.717) is 0 Å². The van der Waals surface area contributed by atoms with Crippen molar-refractivity contribution in [2.24, 2.45) is 0 Å². The van der Waals surface area contributed by atoms with Gasteiger partial charge in [-0.05, 0) is 23.8 Å². The number of carbonyl (C=O) groups excluding carboxylic acids is 1. The molecule has 82 valence electrons. The molecule has 15 heavy (non-hydrogen) atoms. The van der Waals surface area contributed by atoms with Crippen LogP contribution in [0.25, 0.3) is 0 Å². The van der Waals surface area contributed by atoms with E-state index < -0.39 is 23.0 Å². The number of hydrogen-bond acceptors (Lipinski definition) is 2. The number of halogens is 3. The molecule has 0 amide bonds. The molecule has 0 saturated carbocycles. The predicted molar refractivity (Wildman–Crippen MR) is 51.7 cm³/mol. The molecule has 1 rings (SSSR count). The molecule has 0 spiro atoms. The average Bonchev–Trinajstić information content (AvgIpc) is 2.22. The Labute approximate surface area is 90.8 Å². The minimum Gasteiger partial charge on any atom is -0.468 e. The van der Waals surface area contributed by atoms with Crippen molar-refractivity contribution >= 4 is 17.6 Å². The summed E-state index contributed by atoms with van der Waals surface area (Å²) in [5, 5.41) is -1.01. The normalized spacial score (nSPS) is 12.3. The van der Waals surface area contributed by atoms with Gasteiger partial charge in [0.1, 0.15) is 17.0 Å². The van der Waals surface area contributed by atoms with E-state index in [-0.39, 0.29) is 12.0 Å². The molecule has 1 unspecified atom stereocenters. The van der Waals surface area contributed by atoms with Gasteiger partial charge in [-0.3, -0.25) is 4.79 Å². The summed E-state index contributed by atoms with van der Waals surface area (Å²) in [5.74, 6) is -1.83. The second kappa shape index (κ2) is 5.07. The molecule has 1 aromatic rings. The first-order valence-electron chi connectivity index (χ1n) is 4.20. The zero-order valence-electron chi connectivity index (χ0n) is 7.97. The molecule has 0 aliphatic heterocycles. The quantitative estimate of drug-likeness (QED) is 0.593. The fourth-order valence-electron chi connectivity index (χ4n) is 1.10. The van der Waals surface area contributed by atoms with Crippen LogP contribution in [-0.2, 0) is 16.0 Å². The highest BCUT2D eigenvalue weighted by molar-refractivity contribution is 6.30. The fourth-order valence-corrected chi connectivity index (χ4v) is 1.36. The van der Waals surface area contributed by atoms with Crippen LogP contribution < -0.4 is 0 Å². The van der Waals surface area contributed by atoms with E-state index in [0.717, 1.165) is 18.2 Å². The third-order valence-corrected chi connectivity index (χ3v) is 2.20. The van der Waals surface area contributed by atoms with Crippen LogP contribution in [0.15, 0.2) is 18.2 Å². The molecule has 0 saturated heterocycles. The van der Waals surface area contributed by atoms with Crippen molar-refractivity contribution in [3.8, 4) is 0 Å². The molecular weight excluding hydrogens is 226 g/mol. The molecule has 5 heteroatoms. The Morgan fingerprint density at radius 2 is 2.20 bits per heavy atom. The number of ether oxygens (including phenoxy) is 1. The summed E-state index contributed by atoms with van der Waals surface area (Å²) in [6.07, 6.45) is -0.0994. The summed E-state index contributed by atoms with van der Waals surface area (Å²) in [7, 11) is 1.18. The van der Waals surface area contributed by atoms with Gasteiger partial charge in [0, 0.05) is 6.42 Å². The maximum Gasteiger partial charge on any atom is 0.324 e. The first-order valence-corrected chi connectivity index (χ1v) is 4.64. The predicted octanol–water partition coefficient (Wildman–Crippen LogP) is 2.29. The molecule has 1 atom stereocenters. The molecular formula is C10H9ClF2O2. The topological polar surface area (TPSA) is 26.3 Å². The molecule has 0 aromatic heterocycles. The zero-order valence-corrected chi connectivity index (χ0v) is 8.72. The lowest BCUT2D eigenvalue weighted by atomic mass is 10.1. The minimum absolute atomic E-state index is 0.0559. The van der Waals surface area contributed by atoms with Crippen LogP contribution in [0.2, 0.25) is 0 Å². The third kappa shape index (κ3) is 3.16. The summed E-state index contributed by atoms with van der Waals surface area (Å²) in [4.78, 5) is 10.9. The molecule has 0 heterocycles. The first kappa shape index (κ1) is 11.9. The molecule has 0 aliphatic carbocycles. The Hall–Kier alpha value is -1.16. The van der Waals surface area contributed by atoms with E-state index in [2.05, 4.69) is 4.74 Å². The van der Waals surface area contributed by atoms with Crippen molar-refractivity contribution in [3.05, 3.63) is 35.4 Å². The van der Waals surface area contributed by atoms with Crippen molar-refractivity contribution in [2.75, 3.05) is 7.11 Å². The SMILES string of the molecule is COC(=O)C(Cl)Cc1cc(F)ccc1F. The number of rotatable bonds is 3. The number of alkyl halides is 1. The molecule has 0 radical (unpaired) electrons. The van der Waals surface area contributed by atoms with Crippen molar-refractivity contribution in [1.29, 1.82) is 0 Å². The van der Waals surface area contributed by atoms with Crippen molar-refractivity contribution in [2.45, 2.75) is 11.8 Å². The lowest BCUT2D eigenvalue weighted by molar-refractivity contribution is -0.140. The third-order valence-electron chi connectivity index (χ3n) is 1.86. The monoisotopic (exact) mass is 234 g/mol. The summed E-state index contributed by atoms with van der Waals surface area (Å²) < 4.78 is 30.2. The van der Waals surface area contributed by atoms with E-state index in [9.17, 15) is 13.6 Å². The Kier molecular flexibility index (Phi) is 4.03. The Bertz CT molecular complexity index is 368. The van der Waals surface area contributed by atoms with Crippen LogP contribution in [0, 0.1) is 11.6 Å². The Balaban J connectivity index is 2.80. The first-order chi connectivity index (χ1) is 7.04. The van der Waals surface area contributed by atoms with Gasteiger partial charge in [0.15, 0.2) is 0 Å². The second-order valence-electron chi connectivity index (χ2n) is 2.93. The number of benzene rings is 1. The maximum absolute atomic E-state index is 13.1. The van der Waals surface area contributed by atoms with Gasteiger partial charge in [0.25, 0.3) is 0 Å². The molecule has 0 N–H and O–H groups in total. The van der Waals surface area contributed by atoms with E-state index in [1.807, 2.05) is 0 Å². The highest BCUT2D eigenvalue weighted by atomic mass is 35.5. The summed E-state index contributed by atoms with van der Waals surface area (Å²) in [5.41, 5.74) is 0.0559. The minimum atomic E-state index is -1.01. The lowest BCUT2D eigenvalue weighted by Crippen LogP contribution is -2.19. The lowest BCUT2D eigenvalue weighted by Gasteiger charge is -2.07. The van der Waals surface area contributed by atoms with Crippen LogP contribution in [0.4, 0.5) is 8.78 Å². The molecule has 1 aromatic carbocycles. The number of hydrogen-bond donors (Lipinski definition) is 0. The largest absolute Gasteiger partial charge is 0.468 e. The van der Waals surface area contributed by atoms with Gasteiger partial charge >= 0.3 is 5.97 Å². The van der Waals surface area contributed by atoms with Crippen LogP contribution >= 0.6 is 11.6 Å². The van der Waals surface area contributed by atoms with Crippen LogP contribution in [0.1, 0.15) is 5.56 Å². The molecule has 0 fully saturated rings. The van der Waals surface area contributed by atoms with Crippen LogP contribution in [0.3, 0.4) is 0 Å². The van der Waals surface area contributed by atoms with Gasteiger partial charge in [0.05, 0.1) is 7.11 Å². The number of esters is 1. The average molecular weight is 235 g/mol. The van der Waals surface area contributed by atoms with Gasteiger partial charge < -0.3 is 4.74 Å². The summed E-state index contributed by atoms with van der Waals surface area (Å²) in [6.45, 7) is 0. The van der Waals surface area contributed by atoms with Gasteiger partial charge in [-0.1, -0.05) is 0 Å². The standard InChI is InChI=1S/C10H9ClF2O2/c1-15-10(14)8(11)5-6-4-7(12)2-3-9(6)13/h2-4,8H,5H2,1H3. The highest BCUT2D eigenvalue weighted by Crippen LogP contribution is 2.15. The fraction of sp³-hybridized carbons (Fsp3) is 0.300. The van der Waals surface area contributed by atoms with E-state index >= 15 is 0 Å². The van der Waals surface area contributed by atoms with E-state index in [1.165, 1.54) is 7.11 Å². The van der Waals surface area contributed by atoms with Gasteiger partial charge in [0.2, 0.25) is 0 Å². The van der Waals surface area contributed by atoms with Gasteiger partial charge in [-0.15, -0.1) is 11.6 Å². The molecule has 0 aliphatic rings. The number of carbonyl (C=O) groups is 1. The van der Waals surface area contributed by atoms with Gasteiger partial charge in [-0.25, -0.2) is 8.78 Å². The Morgan fingerprint density at radius 1 is 1.53 bits per heavy atom. The van der Waals surface area contributed by atoms with Crippen molar-refractivity contribution in [3.63, 3.8) is 0 Å². The van der Waals surface area contributed by atoms with Crippen LogP contribution in [-0.4, -0.2) is 18.5 Å². The van der Waals surface area contributed by atoms with E-state index in [4.69, 9.17) is 11.6 Å². The van der Waals surface area contributed by atoms with Crippen LogP contribution in [0.5, 0.6) is 0 Å². The highest BCUT2D eigenvalue weighted by Gasteiger charge is 2.18. The van der Waals surface area contributed by atoms with Gasteiger partial charge in [-0.2, -0.15) is 0 Å². The smallest absolute Gasteiger partial charge is 0.324 e. The van der Waals surface area contributed by atoms with E-state index in [1.54, 1.807) is 0 Å². The summed E-state index contributed by atoms with van der Waals surface area (Å²) in [6, 6.07) is 3.00. The molecule has 2 nitrogen and oxygen atoms in total. The van der Waals surface area contributed by atoms with Crippen molar-refractivity contribution < 1.29 is 18.3 Å². The zero-order chi connectivity index (χ0) is 11.4. The second-order valence-corrected chi connectivity index (χ2v) is 3.46. The Morgan fingerprint density at radius 3 is 2.80 bits per heavy atom.